The molecule has 3 amide bonds. The molecule has 0 aromatic carbocycles. The first-order valence-corrected chi connectivity index (χ1v) is 20.8. The summed E-state index contributed by atoms with van der Waals surface area (Å²) >= 11 is 0. The molecule has 0 bridgehead atoms. The Bertz CT molecular complexity index is 1390. The van der Waals surface area contributed by atoms with E-state index in [1.54, 1.807) is 0 Å². The number of aliphatic carboxylic acids is 1. The van der Waals surface area contributed by atoms with Gasteiger partial charge < -0.3 is 102 Å². The molecule has 2 saturated heterocycles. The van der Waals surface area contributed by atoms with Crippen LogP contribution in [0.15, 0.2) is 0 Å². The third-order valence-electron chi connectivity index (χ3n) is 8.59. The second-order valence-corrected chi connectivity index (χ2v) is 16.7. The van der Waals surface area contributed by atoms with Gasteiger partial charge >= 0.3 is 21.2 Å². The normalized spacial score (nSPS) is 30.1. The lowest BCUT2D eigenvalue weighted by Crippen LogP contribution is -2.61. The van der Waals surface area contributed by atoms with Gasteiger partial charge in [0.15, 0.2) is 12.6 Å². The van der Waals surface area contributed by atoms with Gasteiger partial charge in [0, 0.05) is 0 Å². The molecule has 2 heterocycles. The van der Waals surface area contributed by atoms with Gasteiger partial charge in [0.25, 0.3) is 0 Å². The molecule has 2 rings (SSSR count). The Balaban J connectivity index is 2.32. The average Bonchev–Trinajstić information content (AvgIpc) is 3.11. The Morgan fingerprint density at radius 1 is 0.661 bits per heavy atom. The largest absolute Gasteiger partial charge is 0.480 e. The topological polar surface area (TPSA) is 450 Å². The van der Waals surface area contributed by atoms with Crippen molar-refractivity contribution in [3.05, 3.63) is 0 Å². The predicted octanol–water partition coefficient (Wildman–Crippen LogP) is -7.60. The van der Waals surface area contributed by atoms with E-state index < -0.39 is 163 Å². The zero-order valence-corrected chi connectivity index (χ0v) is 31.6. The fourth-order valence-electron chi connectivity index (χ4n) is 5.40. The lowest BCUT2D eigenvalue weighted by atomic mass is 9.97. The first-order valence-electron chi connectivity index (χ1n) is 17.2. The van der Waals surface area contributed by atoms with Crippen molar-refractivity contribution in [3.8, 4) is 0 Å². The highest BCUT2D eigenvalue weighted by Gasteiger charge is 2.47. The van der Waals surface area contributed by atoms with Crippen LogP contribution in [0.1, 0.15) is 32.1 Å². The van der Waals surface area contributed by atoms with E-state index in [9.17, 15) is 78.5 Å². The molecule has 13 atom stereocenters. The Kier molecular flexibility index (Phi) is 20.2. The monoisotopic (exact) mass is 857 g/mol. The van der Waals surface area contributed by atoms with E-state index in [0.29, 0.717) is 12.8 Å². The molecule has 0 aromatic heterocycles. The van der Waals surface area contributed by atoms with Crippen LogP contribution in [0.4, 0.5) is 0 Å². The number of rotatable bonds is 23. The fourth-order valence-corrected chi connectivity index (χ4v) is 6.58. The molecule has 56 heavy (non-hydrogen) atoms. The number of hydrogen-bond donors (Lipinski definition) is 16. The highest BCUT2D eigenvalue weighted by molar-refractivity contribution is 7.52. The van der Waals surface area contributed by atoms with Crippen molar-refractivity contribution in [2.24, 2.45) is 11.5 Å². The minimum atomic E-state index is -4.61. The summed E-state index contributed by atoms with van der Waals surface area (Å²) in [6.07, 6.45) is -20.0. The van der Waals surface area contributed by atoms with Crippen molar-refractivity contribution in [2.75, 3.05) is 38.6 Å². The lowest BCUT2D eigenvalue weighted by Gasteiger charge is -2.41. The van der Waals surface area contributed by atoms with Crippen LogP contribution in [-0.2, 0) is 47.3 Å². The maximum absolute atomic E-state index is 13.7. The number of nitrogens with one attached hydrogen (secondary N) is 3. The smallest absolute Gasteiger partial charge is 0.325 e. The molecule has 26 nitrogen and oxygen atoms in total. The second kappa shape index (κ2) is 22.7. The number of hydrogen-bond acceptors (Lipinski definition) is 18. The van der Waals surface area contributed by atoms with Crippen LogP contribution in [0.25, 0.3) is 0 Å². The van der Waals surface area contributed by atoms with E-state index in [1.807, 2.05) is 5.32 Å². The molecule has 0 aromatic rings. The zero-order chi connectivity index (χ0) is 42.5. The van der Waals surface area contributed by atoms with Crippen LogP contribution in [0.5, 0.6) is 0 Å². The number of ether oxygens (including phenoxy) is 4. The van der Waals surface area contributed by atoms with Gasteiger partial charge in [-0.25, -0.2) is 0 Å². The molecule has 28 heteroatoms. The van der Waals surface area contributed by atoms with Crippen molar-refractivity contribution in [3.63, 3.8) is 0 Å². The highest BCUT2D eigenvalue weighted by Crippen LogP contribution is 2.38. The Hall–Kier alpha value is -2.30. The molecule has 0 unspecified atom stereocenters. The summed E-state index contributed by atoms with van der Waals surface area (Å²) in [6, 6.07) is -4.94. The van der Waals surface area contributed by atoms with Crippen molar-refractivity contribution in [2.45, 2.75) is 112 Å². The quantitative estimate of drug-likeness (QED) is 0.0335. The standard InChI is InChI=1S/C28H53N5O21P2/c29-6-2-1-3-12(30)24(42)32-14(11-52-28-23(41)21(39)19(37)16(54-28)5-8-56(48,49)50)26(44)33-13(25(43)31-9-17(34)35)10-51-27-22(40)20(38)18(36)15(53-27)4-7-55(45,46)47/h12-16,18-23,27-28,36-41H,1-11,29-30H2,(H,31,43)(H,32,42)(H,33,44)(H,34,35)(H2,45,46,47)(H2,48,49,50)/t12-,13-,14-,15+,16+,18+,19+,20-,21-,22-,23-,27-,28-/m0/s1. The van der Waals surface area contributed by atoms with E-state index >= 15 is 0 Å². The van der Waals surface area contributed by atoms with E-state index in [0.717, 1.165) is 0 Å². The average molecular weight is 858 g/mol. The number of carboxylic acids is 1. The molecule has 326 valence electrons. The third-order valence-corrected chi connectivity index (χ3v) is 10.3. The SMILES string of the molecule is NCCCC[C@H](N)C(=O)N[C@@H](CO[C@H]1O[C@H](CCP(=O)(O)O)[C@@H](O)[C@H](O)[C@@H]1O)C(=O)N[C@@H](CO[C@H]1O[C@H](CCP(=O)(O)O)[C@@H](O)[C@H](O)[C@@H]1O)C(=O)NCC(=O)O. The molecule has 2 fully saturated rings. The van der Waals surface area contributed by atoms with Crippen LogP contribution < -0.4 is 27.4 Å². The summed E-state index contributed by atoms with van der Waals surface area (Å²) in [5, 5.41) is 77.7. The summed E-state index contributed by atoms with van der Waals surface area (Å²) in [6.45, 7) is -2.58. The van der Waals surface area contributed by atoms with Crippen LogP contribution in [0.3, 0.4) is 0 Å². The van der Waals surface area contributed by atoms with Gasteiger partial charge in [-0.3, -0.25) is 28.3 Å². The second-order valence-electron chi connectivity index (χ2n) is 13.2. The maximum atomic E-state index is 13.7. The van der Waals surface area contributed by atoms with Crippen molar-refractivity contribution in [1.29, 1.82) is 0 Å². The number of carboxylic acid groups (broad SMARTS) is 1. The first kappa shape index (κ1) is 49.8. The van der Waals surface area contributed by atoms with E-state index in [4.69, 9.17) is 35.5 Å². The number of nitrogens with two attached hydrogens (primary N) is 2. The van der Waals surface area contributed by atoms with Crippen molar-refractivity contribution < 1.29 is 103 Å². The Morgan fingerprint density at radius 2 is 1.09 bits per heavy atom. The molecule has 18 N–H and O–H groups in total. The van der Waals surface area contributed by atoms with Gasteiger partial charge in [-0.1, -0.05) is 6.42 Å². The van der Waals surface area contributed by atoms with Gasteiger partial charge in [0.05, 0.1) is 43.8 Å². The number of carbonyl (C=O) groups excluding carboxylic acids is 3. The number of amides is 3. The van der Waals surface area contributed by atoms with Gasteiger partial charge in [0.2, 0.25) is 17.7 Å². The van der Waals surface area contributed by atoms with Crippen LogP contribution in [0, 0.1) is 0 Å². The predicted molar refractivity (Wildman–Crippen MR) is 184 cm³/mol. The Labute approximate surface area is 319 Å². The van der Waals surface area contributed by atoms with Gasteiger partial charge in [0.1, 0.15) is 55.3 Å². The van der Waals surface area contributed by atoms with Gasteiger partial charge in [-0.05, 0) is 32.2 Å². The molecular formula is C28H53N5O21P2. The summed E-state index contributed by atoms with van der Waals surface area (Å²) in [7, 11) is -9.22. The van der Waals surface area contributed by atoms with Crippen molar-refractivity contribution in [1.82, 2.24) is 16.0 Å². The zero-order valence-electron chi connectivity index (χ0n) is 29.8. The first-order chi connectivity index (χ1) is 25.9. The van der Waals surface area contributed by atoms with Crippen LogP contribution in [-0.4, -0.2) is 197 Å². The summed E-state index contributed by atoms with van der Waals surface area (Å²) < 4.78 is 44.4. The molecule has 0 spiro atoms. The molecule has 0 saturated carbocycles. The molecule has 0 radical (unpaired) electrons. The van der Waals surface area contributed by atoms with Crippen LogP contribution >= 0.6 is 15.2 Å². The summed E-state index contributed by atoms with van der Waals surface area (Å²) in [4.78, 5) is 87.8. The summed E-state index contributed by atoms with van der Waals surface area (Å²) in [5.74, 6) is -4.91. The molecule has 2 aliphatic rings. The molecular weight excluding hydrogens is 804 g/mol. The number of aliphatic hydroxyl groups excluding tert-OH is 6. The number of aliphatic hydroxyl groups is 6. The highest BCUT2D eigenvalue weighted by atomic mass is 31.2. The minimum Gasteiger partial charge on any atom is -0.480 e. The minimum absolute atomic E-state index is 0.0987. The molecule has 2 aliphatic heterocycles. The van der Waals surface area contributed by atoms with Crippen LogP contribution in [0.2, 0.25) is 0 Å². The van der Waals surface area contributed by atoms with E-state index in [1.165, 1.54) is 0 Å². The Morgan fingerprint density at radius 3 is 1.50 bits per heavy atom. The third kappa shape index (κ3) is 16.5. The number of carbonyl (C=O) groups is 4. The fraction of sp³-hybridized carbons (Fsp3) is 0.857. The van der Waals surface area contributed by atoms with E-state index in [2.05, 4.69) is 10.6 Å². The summed E-state index contributed by atoms with van der Waals surface area (Å²) in [5.41, 5.74) is 11.4. The number of unbranched alkanes of at least 4 members (excludes halogenated alkanes) is 1. The maximum Gasteiger partial charge on any atom is 0.325 e. The molecule has 0 aliphatic carbocycles. The van der Waals surface area contributed by atoms with Crippen molar-refractivity contribution >= 4 is 38.9 Å². The van der Waals surface area contributed by atoms with Gasteiger partial charge in [-0.2, -0.15) is 0 Å². The lowest BCUT2D eigenvalue weighted by molar-refractivity contribution is -0.298. The van der Waals surface area contributed by atoms with Gasteiger partial charge in [-0.15, -0.1) is 0 Å². The van der Waals surface area contributed by atoms with E-state index in [-0.39, 0.29) is 13.0 Å².